The van der Waals surface area contributed by atoms with E-state index >= 15 is 0 Å². The van der Waals surface area contributed by atoms with Crippen molar-refractivity contribution in [3.63, 3.8) is 0 Å². The number of aliphatic imine (C=N–C) groups is 1. The van der Waals surface area contributed by atoms with E-state index in [9.17, 15) is 13.2 Å². The van der Waals surface area contributed by atoms with Crippen LogP contribution < -0.4 is 4.72 Å². The number of hydrogen-bond acceptors (Lipinski definition) is 8. The molecule has 0 aliphatic carbocycles. The van der Waals surface area contributed by atoms with Crippen LogP contribution in [0.25, 0.3) is 11.1 Å². The maximum atomic E-state index is 14.2. The van der Waals surface area contributed by atoms with Crippen LogP contribution in [0.1, 0.15) is 74.5 Å². The van der Waals surface area contributed by atoms with Crippen LogP contribution in [-0.4, -0.2) is 41.8 Å². The van der Waals surface area contributed by atoms with E-state index < -0.39 is 15.6 Å². The largest absolute Gasteiger partial charge is 0.377 e. The molecule has 1 atom stereocenters. The van der Waals surface area contributed by atoms with E-state index in [4.69, 9.17) is 14.3 Å². The van der Waals surface area contributed by atoms with E-state index in [1.54, 1.807) is 50.5 Å². The van der Waals surface area contributed by atoms with E-state index in [-0.39, 0.29) is 23.2 Å². The molecule has 10 nitrogen and oxygen atoms in total. The van der Waals surface area contributed by atoms with Crippen LogP contribution in [0, 0.1) is 13.8 Å². The average Bonchev–Trinajstić information content (AvgIpc) is 3.53. The Labute approximate surface area is 270 Å². The monoisotopic (exact) mass is 643 g/mol. The van der Waals surface area contributed by atoms with Crippen LogP contribution in [0.2, 0.25) is 0 Å². The number of amides is 1. The van der Waals surface area contributed by atoms with Gasteiger partial charge >= 0.3 is 0 Å². The van der Waals surface area contributed by atoms with Crippen LogP contribution in [0.15, 0.2) is 81.4 Å². The van der Waals surface area contributed by atoms with Crippen LogP contribution >= 0.6 is 0 Å². The summed E-state index contributed by atoms with van der Waals surface area (Å²) in [5.74, 6) is 1.42. The van der Waals surface area contributed by atoms with Crippen molar-refractivity contribution < 1.29 is 22.5 Å². The van der Waals surface area contributed by atoms with Crippen LogP contribution in [0.4, 0.5) is 5.82 Å². The predicted octanol–water partition coefficient (Wildman–Crippen LogP) is 6.93. The fourth-order valence-electron chi connectivity index (χ4n) is 5.75. The minimum Gasteiger partial charge on any atom is -0.377 e. The van der Waals surface area contributed by atoms with Crippen LogP contribution in [0.5, 0.6) is 0 Å². The van der Waals surface area contributed by atoms with E-state index in [1.165, 1.54) is 0 Å². The number of amidine groups is 1. The number of ether oxygens (including phenoxy) is 1. The van der Waals surface area contributed by atoms with Gasteiger partial charge in [0.2, 0.25) is 0 Å². The van der Waals surface area contributed by atoms with Gasteiger partial charge in [-0.3, -0.25) is 24.4 Å². The molecule has 0 fully saturated rings. The molecule has 0 saturated heterocycles. The third-order valence-corrected chi connectivity index (χ3v) is 9.88. The lowest BCUT2D eigenvalue weighted by Gasteiger charge is -2.26. The second-order valence-corrected chi connectivity index (χ2v) is 13.1. The zero-order valence-electron chi connectivity index (χ0n) is 27.0. The number of aromatic nitrogens is 2. The average molecular weight is 644 g/mol. The smallest absolute Gasteiger partial charge is 0.263 e. The molecule has 1 unspecified atom stereocenters. The van der Waals surface area contributed by atoms with Crippen molar-refractivity contribution in [1.29, 1.82) is 0 Å². The molecule has 0 radical (unpaired) electrons. The number of anilines is 1. The van der Waals surface area contributed by atoms with Gasteiger partial charge in [0.1, 0.15) is 11.6 Å². The molecule has 1 aliphatic heterocycles. The van der Waals surface area contributed by atoms with E-state index in [0.717, 1.165) is 40.9 Å². The van der Waals surface area contributed by atoms with Crippen molar-refractivity contribution in [2.45, 2.75) is 83.9 Å². The van der Waals surface area contributed by atoms with Gasteiger partial charge < -0.3 is 9.26 Å². The highest BCUT2D eigenvalue weighted by Crippen LogP contribution is 2.39. The number of unbranched alkanes of at least 4 members (excludes halogenated alkanes) is 1. The Balaban J connectivity index is 1.52. The van der Waals surface area contributed by atoms with Gasteiger partial charge in [0.25, 0.3) is 15.9 Å². The number of benzene rings is 2. The third-order valence-electron chi connectivity index (χ3n) is 8.48. The molecule has 2 aromatic heterocycles. The summed E-state index contributed by atoms with van der Waals surface area (Å²) in [4.78, 5) is 25.3. The van der Waals surface area contributed by atoms with Crippen LogP contribution in [-0.2, 0) is 38.2 Å². The van der Waals surface area contributed by atoms with E-state index in [1.807, 2.05) is 49.1 Å². The Hall–Kier alpha value is -4.35. The minimum atomic E-state index is -4.02. The predicted molar refractivity (Wildman–Crippen MR) is 178 cm³/mol. The van der Waals surface area contributed by atoms with Gasteiger partial charge in [0, 0.05) is 36.5 Å². The number of hydrogen-bond donors (Lipinski definition) is 1. The second kappa shape index (κ2) is 14.0. The molecular formula is C35H41N5O5S. The summed E-state index contributed by atoms with van der Waals surface area (Å²) in [5, 5.41) is 3.88. The lowest BCUT2D eigenvalue weighted by atomic mass is 9.88. The first kappa shape index (κ1) is 33.0. The normalized spacial score (nSPS) is 16.6. The standard InChI is InChI=1S/C35H41N5O5S/c1-6-9-14-32-37-35(7-2,28-17-19-36-20-18-28)34(41)40(32)22-26-15-16-29(27(21-26)23-44-8-3)30-12-10-11-13-31(30)46(42,43)39-33-24(4)25(5)45-38-33/h10-13,15-21H,6-9,14,22-23H2,1-5H3,(H,38,39). The molecule has 11 heteroatoms. The molecule has 1 aliphatic rings. The molecule has 0 saturated carbocycles. The second-order valence-electron chi connectivity index (χ2n) is 11.4. The first-order chi connectivity index (χ1) is 22.1. The van der Waals surface area contributed by atoms with E-state index in [0.29, 0.717) is 42.9 Å². The van der Waals surface area contributed by atoms with Crippen molar-refractivity contribution in [2.75, 3.05) is 11.3 Å². The summed E-state index contributed by atoms with van der Waals surface area (Å²) in [7, 11) is -4.02. The number of sulfonamides is 1. The first-order valence-electron chi connectivity index (χ1n) is 15.7. The lowest BCUT2D eigenvalue weighted by molar-refractivity contribution is -0.132. The zero-order chi connectivity index (χ0) is 32.9. The lowest BCUT2D eigenvalue weighted by Crippen LogP contribution is -2.40. The SMILES string of the molecule is CCCCC1=NC(CC)(c2ccncc2)C(=O)N1Cc1ccc(-c2ccccc2S(=O)(=O)Nc2noc(C)c2C)c(COCC)c1. The quantitative estimate of drug-likeness (QED) is 0.158. The Morgan fingerprint density at radius 1 is 1.00 bits per heavy atom. The van der Waals surface area contributed by atoms with Gasteiger partial charge in [0.05, 0.1) is 18.0 Å². The topological polar surface area (TPSA) is 127 Å². The molecule has 242 valence electrons. The number of nitrogens with zero attached hydrogens (tertiary/aromatic N) is 4. The highest BCUT2D eigenvalue weighted by molar-refractivity contribution is 7.92. The minimum absolute atomic E-state index is 0.0522. The molecule has 3 heterocycles. The number of nitrogens with one attached hydrogen (secondary N) is 1. The molecule has 1 N–H and O–H groups in total. The van der Waals surface area contributed by atoms with Gasteiger partial charge in [0.15, 0.2) is 11.4 Å². The maximum Gasteiger partial charge on any atom is 0.263 e. The number of carbonyl (C=O) groups is 1. The zero-order valence-corrected chi connectivity index (χ0v) is 27.9. The number of pyridine rings is 1. The number of rotatable bonds is 14. The highest BCUT2D eigenvalue weighted by atomic mass is 32.2. The Morgan fingerprint density at radius 2 is 1.76 bits per heavy atom. The Morgan fingerprint density at radius 3 is 2.43 bits per heavy atom. The number of aryl methyl sites for hydroxylation is 1. The van der Waals surface area contributed by atoms with Crippen LogP contribution in [0.3, 0.4) is 0 Å². The molecule has 2 aromatic carbocycles. The summed E-state index contributed by atoms with van der Waals surface area (Å²) >= 11 is 0. The highest BCUT2D eigenvalue weighted by Gasteiger charge is 2.48. The van der Waals surface area contributed by atoms with Crippen molar-refractivity contribution in [1.82, 2.24) is 15.0 Å². The van der Waals surface area contributed by atoms with Gasteiger partial charge in [-0.2, -0.15) is 0 Å². The Bertz CT molecular complexity index is 1840. The van der Waals surface area contributed by atoms with E-state index in [2.05, 4.69) is 21.8 Å². The summed E-state index contributed by atoms with van der Waals surface area (Å²) in [5.41, 5.74) is 3.42. The fraction of sp³-hybridized carbons (Fsp3) is 0.371. The number of carbonyl (C=O) groups excluding carboxylic acids is 1. The van der Waals surface area contributed by atoms with Gasteiger partial charge in [-0.25, -0.2) is 8.42 Å². The Kier molecular flexibility index (Phi) is 10.0. The summed E-state index contributed by atoms with van der Waals surface area (Å²) in [6, 6.07) is 16.4. The summed E-state index contributed by atoms with van der Waals surface area (Å²) < 4.78 is 40.9. The molecular weight excluding hydrogens is 602 g/mol. The van der Waals surface area contributed by atoms with Gasteiger partial charge in [-0.1, -0.05) is 61.8 Å². The third kappa shape index (κ3) is 6.47. The molecule has 1 amide bonds. The molecule has 5 rings (SSSR count). The van der Waals surface area contributed by atoms with Gasteiger partial charge in [-0.05, 0) is 74.1 Å². The summed E-state index contributed by atoms with van der Waals surface area (Å²) in [6.45, 7) is 10.6. The molecule has 0 bridgehead atoms. The molecule has 0 spiro atoms. The van der Waals surface area contributed by atoms with Crippen molar-refractivity contribution in [3.8, 4) is 11.1 Å². The maximum absolute atomic E-state index is 14.2. The molecule has 4 aromatic rings. The fourth-order valence-corrected chi connectivity index (χ4v) is 7.03. The summed E-state index contributed by atoms with van der Waals surface area (Å²) in [6.07, 6.45) is 6.52. The van der Waals surface area contributed by atoms with Crippen molar-refractivity contribution in [3.05, 3.63) is 95.0 Å². The van der Waals surface area contributed by atoms with Gasteiger partial charge in [-0.15, -0.1) is 0 Å². The van der Waals surface area contributed by atoms with Crippen molar-refractivity contribution >= 4 is 27.6 Å². The first-order valence-corrected chi connectivity index (χ1v) is 17.2. The van der Waals surface area contributed by atoms with Crippen molar-refractivity contribution in [2.24, 2.45) is 4.99 Å². The molecule has 46 heavy (non-hydrogen) atoms.